The van der Waals surface area contributed by atoms with E-state index in [1.807, 2.05) is 49.6 Å². The number of hydrogen-bond donors (Lipinski definition) is 0. The average Bonchev–Trinajstić information content (AvgIpc) is 3.07. The second kappa shape index (κ2) is 7.99. The van der Waals surface area contributed by atoms with Crippen LogP contribution in [0, 0.1) is 12.8 Å². The lowest BCUT2D eigenvalue weighted by molar-refractivity contribution is -0.131. The molecule has 4 unspecified atom stereocenters. The number of anilines is 1. The molecule has 1 aromatic carbocycles. The van der Waals surface area contributed by atoms with Crippen molar-refractivity contribution in [1.29, 1.82) is 0 Å². The van der Waals surface area contributed by atoms with Gasteiger partial charge in [-0.05, 0) is 62.3 Å². The first kappa shape index (κ1) is 20.6. The van der Waals surface area contributed by atoms with E-state index in [4.69, 9.17) is 16.3 Å². The van der Waals surface area contributed by atoms with Crippen LogP contribution in [-0.2, 0) is 14.3 Å². The molecule has 0 saturated heterocycles. The van der Waals surface area contributed by atoms with Crippen LogP contribution in [0.5, 0.6) is 0 Å². The van der Waals surface area contributed by atoms with Crippen LogP contribution >= 0.6 is 23.4 Å². The third-order valence-electron chi connectivity index (χ3n) is 6.34. The van der Waals surface area contributed by atoms with Gasteiger partial charge in [-0.25, -0.2) is 4.98 Å². The molecule has 1 aromatic heterocycles. The first-order chi connectivity index (χ1) is 15.0. The molecule has 0 N–H and O–H groups in total. The number of amides is 1. The van der Waals surface area contributed by atoms with E-state index in [0.29, 0.717) is 24.2 Å². The largest absolute Gasteiger partial charge is 0.483 e. The number of Topliss-reactive ketones (excluding diaryl/α,β-unsaturated/α-hetero) is 1. The number of thioether (sulfide) groups is 1. The van der Waals surface area contributed by atoms with Gasteiger partial charge < -0.3 is 4.74 Å². The molecule has 0 radical (unpaired) electrons. The highest BCUT2D eigenvalue weighted by Gasteiger charge is 2.53. The Morgan fingerprint density at radius 1 is 1.13 bits per heavy atom. The molecule has 3 aliphatic rings. The molecule has 5 rings (SSSR count). The van der Waals surface area contributed by atoms with E-state index in [-0.39, 0.29) is 34.8 Å². The predicted octanol–water partition coefficient (Wildman–Crippen LogP) is 4.83. The molecule has 160 valence electrons. The summed E-state index contributed by atoms with van der Waals surface area (Å²) in [6.45, 7) is 1.89. The highest BCUT2D eigenvalue weighted by atomic mass is 35.5. The summed E-state index contributed by atoms with van der Waals surface area (Å²) in [5.74, 6) is 0.0848. The summed E-state index contributed by atoms with van der Waals surface area (Å²) in [7, 11) is 0. The van der Waals surface area contributed by atoms with Gasteiger partial charge in [0.25, 0.3) is 5.91 Å². The highest BCUT2D eigenvalue weighted by Crippen LogP contribution is 2.48. The fraction of sp³-hybridized carbons (Fsp3) is 0.375. The lowest BCUT2D eigenvalue weighted by atomic mass is 9.77. The van der Waals surface area contributed by atoms with Gasteiger partial charge in [-0.3, -0.25) is 14.5 Å². The van der Waals surface area contributed by atoms with Crippen molar-refractivity contribution >= 4 is 40.9 Å². The van der Waals surface area contributed by atoms with Crippen molar-refractivity contribution in [3.8, 4) is 0 Å². The number of carbonyl (C=O) groups excluding carboxylic acids is 2. The smallest absolute Gasteiger partial charge is 0.295 e. The number of carbonyl (C=O) groups is 2. The number of benzene rings is 1. The van der Waals surface area contributed by atoms with Gasteiger partial charge in [0.05, 0.1) is 17.5 Å². The number of halogens is 1. The highest BCUT2D eigenvalue weighted by molar-refractivity contribution is 7.98. The molecule has 4 atom stereocenters. The van der Waals surface area contributed by atoms with E-state index >= 15 is 0 Å². The molecule has 0 spiro atoms. The quantitative estimate of drug-likeness (QED) is 0.491. The second-order valence-corrected chi connectivity index (χ2v) is 9.77. The van der Waals surface area contributed by atoms with Crippen LogP contribution in [0.25, 0.3) is 0 Å². The molecule has 3 heterocycles. The van der Waals surface area contributed by atoms with Crippen molar-refractivity contribution in [3.05, 3.63) is 65.1 Å². The summed E-state index contributed by atoms with van der Waals surface area (Å²) >= 11 is 8.04. The van der Waals surface area contributed by atoms with Crippen LogP contribution in [0.3, 0.4) is 0 Å². The van der Waals surface area contributed by atoms with Crippen molar-refractivity contribution < 1.29 is 14.3 Å². The van der Waals surface area contributed by atoms with Crippen LogP contribution < -0.4 is 4.90 Å². The monoisotopic (exact) mass is 454 g/mol. The summed E-state index contributed by atoms with van der Waals surface area (Å²) in [5, 5.41) is -0.0399. The van der Waals surface area contributed by atoms with Crippen molar-refractivity contribution in [2.75, 3.05) is 11.2 Å². The SMILES string of the molecule is CSc1ccc(C2C3=C(OC4CCC(Cl)CC4C3=O)C(=O)N2c2cccc(C)n2)cc1. The third-order valence-corrected chi connectivity index (χ3v) is 7.48. The Bertz CT molecular complexity index is 1080. The lowest BCUT2D eigenvalue weighted by Crippen LogP contribution is -2.41. The van der Waals surface area contributed by atoms with Gasteiger partial charge in [0.2, 0.25) is 0 Å². The summed E-state index contributed by atoms with van der Waals surface area (Å²) in [5.41, 5.74) is 2.11. The summed E-state index contributed by atoms with van der Waals surface area (Å²) in [6.07, 6.45) is 3.79. The Hall–Kier alpha value is -2.31. The second-order valence-electron chi connectivity index (χ2n) is 8.27. The average molecular weight is 455 g/mol. The van der Waals surface area contributed by atoms with Gasteiger partial charge in [0.1, 0.15) is 11.9 Å². The zero-order chi connectivity index (χ0) is 21.7. The Morgan fingerprint density at radius 2 is 1.90 bits per heavy atom. The van der Waals surface area contributed by atoms with Gasteiger partial charge in [-0.15, -0.1) is 23.4 Å². The Kier molecular flexibility index (Phi) is 5.30. The van der Waals surface area contributed by atoms with Gasteiger partial charge >= 0.3 is 0 Å². The number of rotatable bonds is 3. The number of pyridine rings is 1. The molecule has 0 bridgehead atoms. The number of nitrogens with zero attached hydrogens (tertiary/aromatic N) is 2. The summed E-state index contributed by atoms with van der Waals surface area (Å²) in [6, 6.07) is 13.0. The van der Waals surface area contributed by atoms with Gasteiger partial charge in [0, 0.05) is 16.0 Å². The molecule has 5 nitrogen and oxygen atoms in total. The van der Waals surface area contributed by atoms with E-state index in [9.17, 15) is 9.59 Å². The van der Waals surface area contributed by atoms with Crippen LogP contribution in [-0.4, -0.2) is 34.4 Å². The number of aromatic nitrogens is 1. The number of ketones is 1. The lowest BCUT2D eigenvalue weighted by Gasteiger charge is -2.37. The first-order valence-electron chi connectivity index (χ1n) is 10.5. The zero-order valence-electron chi connectivity index (χ0n) is 17.4. The number of fused-ring (bicyclic) bond motifs is 1. The van der Waals surface area contributed by atoms with E-state index in [1.54, 1.807) is 22.7 Å². The summed E-state index contributed by atoms with van der Waals surface area (Å²) in [4.78, 5) is 34.6. The fourth-order valence-electron chi connectivity index (χ4n) is 4.82. The molecular formula is C24H23ClN2O3S. The molecule has 1 aliphatic carbocycles. The minimum absolute atomic E-state index is 0.0148. The van der Waals surface area contributed by atoms with Crippen molar-refractivity contribution in [2.45, 2.75) is 48.6 Å². The molecule has 31 heavy (non-hydrogen) atoms. The zero-order valence-corrected chi connectivity index (χ0v) is 18.9. The van der Waals surface area contributed by atoms with Crippen molar-refractivity contribution in [2.24, 2.45) is 5.92 Å². The summed E-state index contributed by atoms with van der Waals surface area (Å²) < 4.78 is 6.20. The van der Waals surface area contributed by atoms with E-state index < -0.39 is 6.04 Å². The maximum Gasteiger partial charge on any atom is 0.295 e. The minimum Gasteiger partial charge on any atom is -0.483 e. The molecular weight excluding hydrogens is 432 g/mol. The van der Waals surface area contributed by atoms with Crippen molar-refractivity contribution in [3.63, 3.8) is 0 Å². The van der Waals surface area contributed by atoms with Gasteiger partial charge in [0.15, 0.2) is 11.5 Å². The molecule has 7 heteroatoms. The van der Waals surface area contributed by atoms with Gasteiger partial charge in [-0.1, -0.05) is 18.2 Å². The van der Waals surface area contributed by atoms with E-state index in [1.165, 1.54) is 0 Å². The third kappa shape index (κ3) is 3.46. The van der Waals surface area contributed by atoms with Crippen molar-refractivity contribution in [1.82, 2.24) is 4.98 Å². The Balaban J connectivity index is 1.64. The Morgan fingerprint density at radius 3 is 2.61 bits per heavy atom. The molecule has 1 fully saturated rings. The number of aryl methyl sites for hydroxylation is 1. The van der Waals surface area contributed by atoms with Crippen LogP contribution in [0.2, 0.25) is 0 Å². The number of alkyl halides is 1. The topological polar surface area (TPSA) is 59.5 Å². The standard InChI is InChI=1S/C24H23ClN2O3S/c1-13-4-3-5-19(26-13)27-21(14-6-9-16(31-2)10-7-14)20-22(28)17-12-15(25)8-11-18(17)30-23(20)24(27)29/h3-7,9-10,15,17-18,21H,8,11-12H2,1-2H3. The van der Waals surface area contributed by atoms with Crippen LogP contribution in [0.15, 0.2) is 58.7 Å². The maximum atomic E-state index is 13.7. The molecule has 2 aliphatic heterocycles. The van der Waals surface area contributed by atoms with Crippen LogP contribution in [0.1, 0.15) is 36.6 Å². The van der Waals surface area contributed by atoms with Gasteiger partial charge in [-0.2, -0.15) is 0 Å². The molecule has 1 saturated carbocycles. The van der Waals surface area contributed by atoms with E-state index in [0.717, 1.165) is 22.6 Å². The first-order valence-corrected chi connectivity index (χ1v) is 12.1. The Labute approximate surface area is 190 Å². The predicted molar refractivity (Wildman–Crippen MR) is 121 cm³/mol. The molecule has 1 amide bonds. The van der Waals surface area contributed by atoms with Crippen LogP contribution in [0.4, 0.5) is 5.82 Å². The number of hydrogen-bond acceptors (Lipinski definition) is 5. The normalized spacial score (nSPS) is 27.8. The number of ether oxygens (including phenoxy) is 1. The molecule has 2 aromatic rings. The minimum atomic E-state index is -0.558. The van der Waals surface area contributed by atoms with E-state index in [2.05, 4.69) is 4.98 Å². The maximum absolute atomic E-state index is 13.7. The fourth-order valence-corrected chi connectivity index (χ4v) is 5.54.